The van der Waals surface area contributed by atoms with Crippen LogP contribution in [0.3, 0.4) is 0 Å². The largest absolute Gasteiger partial charge is 0.416 e. The minimum absolute atomic E-state index is 0.0785. The van der Waals surface area contributed by atoms with Gasteiger partial charge < -0.3 is 4.74 Å². The van der Waals surface area contributed by atoms with Gasteiger partial charge in [0.15, 0.2) is 5.13 Å². The van der Waals surface area contributed by atoms with E-state index in [1.807, 2.05) is 0 Å². The van der Waals surface area contributed by atoms with Gasteiger partial charge in [-0.1, -0.05) is 13.0 Å². The van der Waals surface area contributed by atoms with Crippen molar-refractivity contribution < 1.29 is 31.1 Å². The SMILES string of the molecule is CCCC(=O)Oc1csc(NS(=O)(=O)c2cccc(C(F)(F)F)c2)n1. The minimum Gasteiger partial charge on any atom is -0.406 e. The quantitative estimate of drug-likeness (QED) is 0.756. The third-order valence-corrected chi connectivity index (χ3v) is 5.05. The minimum atomic E-state index is -4.66. The van der Waals surface area contributed by atoms with E-state index in [9.17, 15) is 26.4 Å². The lowest BCUT2D eigenvalue weighted by molar-refractivity contribution is -0.138. The second-order valence-electron chi connectivity index (χ2n) is 4.85. The Kier molecular flexibility index (Phi) is 5.68. The monoisotopic (exact) mass is 394 g/mol. The Bertz CT molecular complexity index is 863. The molecule has 0 aliphatic heterocycles. The molecule has 2 rings (SSSR count). The average Bonchev–Trinajstić information content (AvgIpc) is 2.93. The molecule has 1 aromatic heterocycles. The van der Waals surface area contributed by atoms with Gasteiger partial charge in [-0.25, -0.2) is 8.42 Å². The number of hydrogen-bond acceptors (Lipinski definition) is 6. The number of nitrogens with zero attached hydrogens (tertiary/aromatic N) is 1. The van der Waals surface area contributed by atoms with Crippen molar-refractivity contribution in [3.8, 4) is 5.88 Å². The highest BCUT2D eigenvalue weighted by atomic mass is 32.2. The summed E-state index contributed by atoms with van der Waals surface area (Å²) in [4.78, 5) is 14.6. The molecule has 0 amide bonds. The number of esters is 1. The van der Waals surface area contributed by atoms with E-state index in [0.29, 0.717) is 12.5 Å². The third-order valence-electron chi connectivity index (χ3n) is 2.85. The summed E-state index contributed by atoms with van der Waals surface area (Å²) in [7, 11) is -4.26. The maximum Gasteiger partial charge on any atom is 0.416 e. The fourth-order valence-corrected chi connectivity index (χ4v) is 3.65. The lowest BCUT2D eigenvalue weighted by Gasteiger charge is -2.09. The van der Waals surface area contributed by atoms with E-state index in [4.69, 9.17) is 4.74 Å². The maximum absolute atomic E-state index is 12.7. The third kappa shape index (κ3) is 5.16. The van der Waals surface area contributed by atoms with Crippen molar-refractivity contribution in [2.24, 2.45) is 0 Å². The molecule has 1 aromatic carbocycles. The van der Waals surface area contributed by atoms with Gasteiger partial charge in [0.2, 0.25) is 5.88 Å². The molecule has 0 atom stereocenters. The molecule has 1 heterocycles. The second kappa shape index (κ2) is 7.40. The molecule has 0 saturated heterocycles. The van der Waals surface area contributed by atoms with E-state index >= 15 is 0 Å². The molecule has 2 aromatic rings. The van der Waals surface area contributed by atoms with Crippen molar-refractivity contribution in [3.05, 3.63) is 35.2 Å². The molecule has 6 nitrogen and oxygen atoms in total. The molecule has 0 bridgehead atoms. The first kappa shape index (κ1) is 19.2. The Morgan fingerprint density at radius 2 is 2.08 bits per heavy atom. The van der Waals surface area contributed by atoms with Gasteiger partial charge in [-0.2, -0.15) is 18.2 Å². The van der Waals surface area contributed by atoms with E-state index in [1.165, 1.54) is 5.38 Å². The molecule has 0 unspecified atom stereocenters. The molecule has 25 heavy (non-hydrogen) atoms. The molecule has 0 fully saturated rings. The standard InChI is InChI=1S/C14H13F3N2O4S2/c1-2-4-12(20)23-11-8-24-13(18-11)19-25(21,22)10-6-3-5-9(7-10)14(15,16)17/h3,5-8H,2,4H2,1H3,(H,18,19). The summed E-state index contributed by atoms with van der Waals surface area (Å²) < 4.78 is 69.4. The summed E-state index contributed by atoms with van der Waals surface area (Å²) >= 11 is 0.840. The number of aromatic nitrogens is 1. The van der Waals surface area contributed by atoms with Crippen molar-refractivity contribution in [3.63, 3.8) is 0 Å². The summed E-state index contributed by atoms with van der Waals surface area (Å²) in [6.45, 7) is 1.79. The summed E-state index contributed by atoms with van der Waals surface area (Å²) in [5.74, 6) is -0.592. The van der Waals surface area contributed by atoms with Crippen LogP contribution in [0.2, 0.25) is 0 Å². The molecule has 0 saturated carbocycles. The predicted octanol–water partition coefficient (Wildman–Crippen LogP) is 3.67. The Morgan fingerprint density at radius 1 is 1.36 bits per heavy atom. The zero-order valence-corrected chi connectivity index (χ0v) is 14.5. The van der Waals surface area contributed by atoms with Crippen LogP contribution in [0, 0.1) is 0 Å². The fraction of sp³-hybridized carbons (Fsp3) is 0.286. The molecule has 0 radical (unpaired) electrons. The molecular formula is C14H13F3N2O4S2. The Balaban J connectivity index is 2.17. The molecule has 0 aliphatic rings. The smallest absolute Gasteiger partial charge is 0.406 e. The Labute approximate surface area is 145 Å². The van der Waals surface area contributed by atoms with Crippen molar-refractivity contribution in [2.45, 2.75) is 30.8 Å². The number of hydrogen-bond donors (Lipinski definition) is 1. The molecular weight excluding hydrogens is 381 g/mol. The number of rotatable bonds is 6. The Hall–Kier alpha value is -2.14. The normalized spacial score (nSPS) is 12.0. The molecule has 0 aliphatic carbocycles. The number of carbonyl (C=O) groups is 1. The number of ether oxygens (including phenoxy) is 1. The lowest BCUT2D eigenvalue weighted by atomic mass is 10.2. The van der Waals surface area contributed by atoms with Crippen LogP contribution in [-0.2, 0) is 21.0 Å². The van der Waals surface area contributed by atoms with Crippen LogP contribution in [0.1, 0.15) is 25.3 Å². The van der Waals surface area contributed by atoms with Crippen LogP contribution in [0.5, 0.6) is 5.88 Å². The van der Waals surface area contributed by atoms with Gasteiger partial charge in [0.1, 0.15) is 0 Å². The van der Waals surface area contributed by atoms with Gasteiger partial charge in [0, 0.05) is 6.42 Å². The van der Waals surface area contributed by atoms with Crippen molar-refractivity contribution in [1.29, 1.82) is 0 Å². The van der Waals surface area contributed by atoms with Crippen LogP contribution < -0.4 is 9.46 Å². The van der Waals surface area contributed by atoms with Crippen LogP contribution in [0.15, 0.2) is 34.5 Å². The van der Waals surface area contributed by atoms with Crippen molar-refractivity contribution in [1.82, 2.24) is 4.98 Å². The Morgan fingerprint density at radius 3 is 2.72 bits per heavy atom. The first-order valence-electron chi connectivity index (χ1n) is 6.98. The molecule has 0 spiro atoms. The highest BCUT2D eigenvalue weighted by Gasteiger charge is 2.31. The number of sulfonamides is 1. The summed E-state index contributed by atoms with van der Waals surface area (Å²) in [6.07, 6.45) is -3.89. The number of carbonyl (C=O) groups excluding carboxylic acids is 1. The van der Waals surface area contributed by atoms with Crippen LogP contribution in [0.4, 0.5) is 18.3 Å². The van der Waals surface area contributed by atoms with Crippen LogP contribution in [0.25, 0.3) is 0 Å². The lowest BCUT2D eigenvalue weighted by Crippen LogP contribution is -2.14. The number of nitrogens with one attached hydrogen (secondary N) is 1. The van der Waals surface area contributed by atoms with E-state index < -0.39 is 32.6 Å². The number of alkyl halides is 3. The zero-order chi connectivity index (χ0) is 18.7. The predicted molar refractivity (Wildman–Crippen MR) is 84.9 cm³/mol. The van der Waals surface area contributed by atoms with Gasteiger partial charge in [-0.05, 0) is 24.6 Å². The fourth-order valence-electron chi connectivity index (χ4n) is 1.74. The summed E-state index contributed by atoms with van der Waals surface area (Å²) in [6, 6.07) is 3.33. The van der Waals surface area contributed by atoms with Gasteiger partial charge in [0.05, 0.1) is 15.8 Å². The highest BCUT2D eigenvalue weighted by molar-refractivity contribution is 7.93. The van der Waals surface area contributed by atoms with Gasteiger partial charge in [-0.15, -0.1) is 11.3 Å². The summed E-state index contributed by atoms with van der Waals surface area (Å²) in [5, 5.41) is 1.19. The number of halogens is 3. The van der Waals surface area contributed by atoms with Gasteiger partial charge in [-0.3, -0.25) is 9.52 Å². The van der Waals surface area contributed by atoms with Gasteiger partial charge >= 0.3 is 12.1 Å². The number of benzene rings is 1. The number of anilines is 1. The topological polar surface area (TPSA) is 85.4 Å². The van der Waals surface area contributed by atoms with E-state index in [-0.39, 0.29) is 17.4 Å². The van der Waals surface area contributed by atoms with Crippen LogP contribution >= 0.6 is 11.3 Å². The molecule has 11 heteroatoms. The molecule has 136 valence electrons. The first-order chi connectivity index (χ1) is 11.6. The van der Waals surface area contributed by atoms with E-state index in [1.54, 1.807) is 6.92 Å². The zero-order valence-electron chi connectivity index (χ0n) is 12.8. The maximum atomic E-state index is 12.7. The van der Waals surface area contributed by atoms with E-state index in [2.05, 4.69) is 9.71 Å². The summed E-state index contributed by atoms with van der Waals surface area (Å²) in [5.41, 5.74) is -1.08. The van der Waals surface area contributed by atoms with Gasteiger partial charge in [0.25, 0.3) is 10.0 Å². The second-order valence-corrected chi connectivity index (χ2v) is 7.39. The van der Waals surface area contributed by atoms with E-state index in [0.717, 1.165) is 29.5 Å². The van der Waals surface area contributed by atoms with Crippen LogP contribution in [-0.4, -0.2) is 19.4 Å². The molecule has 1 N–H and O–H groups in total. The van der Waals surface area contributed by atoms with Crippen molar-refractivity contribution in [2.75, 3.05) is 4.72 Å². The van der Waals surface area contributed by atoms with Crippen molar-refractivity contribution >= 4 is 32.5 Å². The first-order valence-corrected chi connectivity index (χ1v) is 9.34. The highest BCUT2D eigenvalue weighted by Crippen LogP contribution is 2.31. The number of thiazole rings is 1. The average molecular weight is 394 g/mol.